The molecule has 0 atom stereocenters. The van der Waals surface area contributed by atoms with Crippen LogP contribution in [0.25, 0.3) is 10.9 Å². The fourth-order valence-corrected chi connectivity index (χ4v) is 3.10. The summed E-state index contributed by atoms with van der Waals surface area (Å²) in [5.41, 5.74) is 2.46. The Morgan fingerprint density at radius 1 is 1.11 bits per heavy atom. The van der Waals surface area contributed by atoms with Crippen LogP contribution in [0.3, 0.4) is 0 Å². The third kappa shape index (κ3) is 2.32. The lowest BCUT2D eigenvalue weighted by Gasteiger charge is -2.36. The van der Waals surface area contributed by atoms with Crippen LogP contribution in [0, 0.1) is 6.92 Å². The minimum Gasteiger partial charge on any atom is -0.542 e. The normalized spacial score (nSPS) is 13.0. The Bertz CT molecular complexity index is 605. The molecule has 0 saturated carbocycles. The molecular formula is C16H25NOSi. The molecule has 2 aromatic rings. The minimum atomic E-state index is -1.79. The van der Waals surface area contributed by atoms with Crippen LogP contribution in [0.1, 0.15) is 26.5 Å². The number of aromatic nitrogens is 1. The van der Waals surface area contributed by atoms with E-state index in [2.05, 4.69) is 76.7 Å². The highest BCUT2D eigenvalue weighted by molar-refractivity contribution is 6.74. The van der Waals surface area contributed by atoms with Gasteiger partial charge in [0.15, 0.2) is 0 Å². The van der Waals surface area contributed by atoms with Gasteiger partial charge in [0.25, 0.3) is 8.32 Å². The molecule has 0 radical (unpaired) electrons. The minimum absolute atomic E-state index is 0.219. The fourth-order valence-electron chi connectivity index (χ4n) is 2.02. The van der Waals surface area contributed by atoms with E-state index in [1.165, 1.54) is 16.6 Å². The molecule has 1 aromatic heterocycles. The zero-order valence-corrected chi connectivity index (χ0v) is 14.2. The Morgan fingerprint density at radius 3 is 2.26 bits per heavy atom. The maximum absolute atomic E-state index is 6.55. The molecule has 0 bridgehead atoms. The van der Waals surface area contributed by atoms with E-state index >= 15 is 0 Å². The van der Waals surface area contributed by atoms with Crippen molar-refractivity contribution in [2.24, 2.45) is 7.05 Å². The molecule has 0 fully saturated rings. The first kappa shape index (κ1) is 14.2. The van der Waals surface area contributed by atoms with E-state index in [1.807, 2.05) is 0 Å². The fraction of sp³-hybridized carbons (Fsp3) is 0.500. The van der Waals surface area contributed by atoms with Gasteiger partial charge >= 0.3 is 0 Å². The molecule has 2 rings (SSSR count). The molecule has 0 saturated heterocycles. The molecule has 0 aliphatic carbocycles. The summed E-state index contributed by atoms with van der Waals surface area (Å²) >= 11 is 0. The summed E-state index contributed by atoms with van der Waals surface area (Å²) in [4.78, 5) is 0. The van der Waals surface area contributed by atoms with Crippen LogP contribution in [0.2, 0.25) is 18.1 Å². The summed E-state index contributed by atoms with van der Waals surface area (Å²) in [6.45, 7) is 13.6. The van der Waals surface area contributed by atoms with E-state index in [4.69, 9.17) is 4.43 Å². The number of nitrogens with zero attached hydrogens (tertiary/aromatic N) is 1. The standard InChI is InChI=1S/C16H25NOSi/c1-12-15(18-19(6,7)16(2,3)4)13-10-8-9-11-14(13)17(12)5/h8-11H,1-7H3. The van der Waals surface area contributed by atoms with Crippen LogP contribution in [-0.2, 0) is 7.05 Å². The van der Waals surface area contributed by atoms with Gasteiger partial charge in [-0.05, 0) is 37.2 Å². The molecule has 0 spiro atoms. The van der Waals surface area contributed by atoms with E-state index in [0.29, 0.717) is 0 Å². The van der Waals surface area contributed by atoms with Crippen LogP contribution in [0.4, 0.5) is 0 Å². The van der Waals surface area contributed by atoms with Crippen molar-refractivity contribution in [3.8, 4) is 5.75 Å². The summed E-state index contributed by atoms with van der Waals surface area (Å²) in [6.07, 6.45) is 0. The smallest absolute Gasteiger partial charge is 0.250 e. The van der Waals surface area contributed by atoms with Crippen molar-refractivity contribution < 1.29 is 4.43 Å². The lowest BCUT2D eigenvalue weighted by Crippen LogP contribution is -2.44. The lowest BCUT2D eigenvalue weighted by molar-refractivity contribution is 0.491. The van der Waals surface area contributed by atoms with E-state index in [-0.39, 0.29) is 5.04 Å². The third-order valence-corrected chi connectivity index (χ3v) is 8.83. The van der Waals surface area contributed by atoms with Gasteiger partial charge in [-0.3, -0.25) is 0 Å². The maximum Gasteiger partial charge on any atom is 0.250 e. The van der Waals surface area contributed by atoms with Crippen LogP contribution < -0.4 is 4.43 Å². The zero-order valence-electron chi connectivity index (χ0n) is 13.2. The average molecular weight is 275 g/mol. The highest BCUT2D eigenvalue weighted by atomic mass is 28.4. The topological polar surface area (TPSA) is 14.2 Å². The molecular weight excluding hydrogens is 250 g/mol. The zero-order chi connectivity index (χ0) is 14.4. The maximum atomic E-state index is 6.55. The molecule has 1 aromatic carbocycles. The summed E-state index contributed by atoms with van der Waals surface area (Å²) in [6, 6.07) is 8.48. The van der Waals surface area contributed by atoms with Crippen molar-refractivity contribution >= 4 is 19.2 Å². The predicted octanol–water partition coefficient (Wildman–Crippen LogP) is 4.87. The van der Waals surface area contributed by atoms with Gasteiger partial charge in [0.1, 0.15) is 5.75 Å². The van der Waals surface area contributed by atoms with E-state index in [1.54, 1.807) is 0 Å². The second-order valence-corrected chi connectivity index (χ2v) is 11.6. The Labute approximate surface area is 117 Å². The molecule has 0 aliphatic rings. The molecule has 19 heavy (non-hydrogen) atoms. The summed E-state index contributed by atoms with van der Waals surface area (Å²) in [5.74, 6) is 1.07. The van der Waals surface area contributed by atoms with Gasteiger partial charge in [0.2, 0.25) is 0 Å². The van der Waals surface area contributed by atoms with Crippen LogP contribution >= 0.6 is 0 Å². The number of hydrogen-bond acceptors (Lipinski definition) is 1. The number of hydrogen-bond donors (Lipinski definition) is 0. The highest BCUT2D eigenvalue weighted by Gasteiger charge is 2.39. The van der Waals surface area contributed by atoms with Crippen LogP contribution in [0.15, 0.2) is 24.3 Å². The number of aryl methyl sites for hydroxylation is 1. The van der Waals surface area contributed by atoms with Crippen LogP contribution in [0.5, 0.6) is 5.75 Å². The Balaban J connectivity index is 2.56. The Kier molecular flexibility index (Phi) is 3.29. The second kappa shape index (κ2) is 4.41. The Morgan fingerprint density at radius 2 is 1.68 bits per heavy atom. The second-order valence-electron chi connectivity index (χ2n) is 6.85. The summed E-state index contributed by atoms with van der Waals surface area (Å²) in [5, 5.41) is 1.45. The summed E-state index contributed by atoms with van der Waals surface area (Å²) < 4.78 is 8.77. The van der Waals surface area contributed by atoms with Crippen molar-refractivity contribution in [2.45, 2.75) is 45.8 Å². The van der Waals surface area contributed by atoms with E-state index in [0.717, 1.165) is 5.75 Å². The molecule has 0 unspecified atom stereocenters. The number of benzene rings is 1. The highest BCUT2D eigenvalue weighted by Crippen LogP contribution is 2.41. The molecule has 3 heteroatoms. The van der Waals surface area contributed by atoms with Gasteiger partial charge in [-0.15, -0.1) is 0 Å². The van der Waals surface area contributed by atoms with Crippen molar-refractivity contribution in [1.29, 1.82) is 0 Å². The van der Waals surface area contributed by atoms with E-state index < -0.39 is 8.32 Å². The van der Waals surface area contributed by atoms with Gasteiger partial charge in [0.05, 0.1) is 11.2 Å². The molecule has 0 amide bonds. The quantitative estimate of drug-likeness (QED) is 0.713. The monoisotopic (exact) mass is 275 g/mol. The average Bonchev–Trinajstić information content (AvgIpc) is 2.54. The van der Waals surface area contributed by atoms with Gasteiger partial charge in [0, 0.05) is 12.4 Å². The van der Waals surface area contributed by atoms with Gasteiger partial charge in [-0.1, -0.05) is 32.9 Å². The van der Waals surface area contributed by atoms with Crippen molar-refractivity contribution in [3.63, 3.8) is 0 Å². The molecule has 2 nitrogen and oxygen atoms in total. The molecule has 104 valence electrons. The van der Waals surface area contributed by atoms with Gasteiger partial charge < -0.3 is 8.99 Å². The summed E-state index contributed by atoms with van der Waals surface area (Å²) in [7, 11) is 0.313. The SMILES string of the molecule is Cc1c(O[Si](C)(C)C(C)(C)C)c2ccccc2n1C. The van der Waals surface area contributed by atoms with Gasteiger partial charge in [-0.25, -0.2) is 0 Å². The third-order valence-electron chi connectivity index (χ3n) is 4.51. The van der Waals surface area contributed by atoms with Crippen LogP contribution in [-0.4, -0.2) is 12.9 Å². The van der Waals surface area contributed by atoms with Crippen molar-refractivity contribution in [2.75, 3.05) is 0 Å². The predicted molar refractivity (Wildman–Crippen MR) is 85.5 cm³/mol. The molecule has 1 heterocycles. The lowest BCUT2D eigenvalue weighted by atomic mass is 10.2. The number of rotatable bonds is 2. The van der Waals surface area contributed by atoms with E-state index in [9.17, 15) is 0 Å². The first-order chi connectivity index (χ1) is 8.65. The van der Waals surface area contributed by atoms with Crippen molar-refractivity contribution in [1.82, 2.24) is 4.57 Å². The number of para-hydroxylation sites is 1. The van der Waals surface area contributed by atoms with Gasteiger partial charge in [-0.2, -0.15) is 0 Å². The Hall–Kier alpha value is -1.22. The first-order valence-corrected chi connectivity index (χ1v) is 9.79. The van der Waals surface area contributed by atoms with Crippen molar-refractivity contribution in [3.05, 3.63) is 30.0 Å². The molecule has 0 N–H and O–H groups in total. The molecule has 0 aliphatic heterocycles. The first-order valence-electron chi connectivity index (χ1n) is 6.88. The number of fused-ring (bicyclic) bond motifs is 1. The largest absolute Gasteiger partial charge is 0.542 e.